The van der Waals surface area contributed by atoms with Gasteiger partial charge in [0.2, 0.25) is 11.7 Å². The van der Waals surface area contributed by atoms with E-state index in [1.54, 1.807) is 0 Å². The Hall–Kier alpha value is -2.02. The predicted molar refractivity (Wildman–Crippen MR) is 81.0 cm³/mol. The molecule has 1 aliphatic rings. The van der Waals surface area contributed by atoms with Crippen LogP contribution in [0.15, 0.2) is 22.0 Å². The van der Waals surface area contributed by atoms with Crippen LogP contribution in [0, 0.1) is 0 Å². The van der Waals surface area contributed by atoms with Crippen molar-refractivity contribution in [1.29, 1.82) is 0 Å². The molecule has 0 saturated heterocycles. The Bertz CT molecular complexity index is 564. The van der Waals surface area contributed by atoms with Gasteiger partial charge in [-0.1, -0.05) is 0 Å². The Labute approximate surface area is 145 Å². The van der Waals surface area contributed by atoms with Crippen molar-refractivity contribution >= 4 is 11.7 Å². The maximum Gasteiger partial charge on any atom is 0.425 e. The van der Waals surface area contributed by atoms with Crippen molar-refractivity contribution in [3.8, 4) is 0 Å². The smallest absolute Gasteiger partial charge is 0.425 e. The fourth-order valence-electron chi connectivity index (χ4n) is 1.63. The van der Waals surface area contributed by atoms with Gasteiger partial charge in [-0.15, -0.1) is 0 Å². The zero-order valence-corrected chi connectivity index (χ0v) is 14.1. The summed E-state index contributed by atoms with van der Waals surface area (Å²) in [6.07, 6.45) is -11.1. The molecule has 0 spiro atoms. The van der Waals surface area contributed by atoms with Crippen LogP contribution in [0.5, 0.6) is 0 Å². The van der Waals surface area contributed by atoms with Gasteiger partial charge in [-0.2, -0.15) is 27.1 Å². The standard InChI is InChI=1S/C13H19F6N5O2/c1-4-25-13(18,19)11(23-20-3)24-22-9-6-5-8(14)10(21-9)26-7(2)12(15,16)17/h5,7,9,20,22H,4,6H2,1-3H3,(H,23,24)/t7-,9?/m0/s1. The molecule has 3 N–H and O–H groups in total. The zero-order chi connectivity index (χ0) is 20.0. The van der Waals surface area contributed by atoms with E-state index in [1.807, 2.05) is 0 Å². The number of hydrogen-bond acceptors (Lipinski definition) is 6. The number of hydrazone groups is 1. The van der Waals surface area contributed by atoms with Gasteiger partial charge >= 0.3 is 12.3 Å². The van der Waals surface area contributed by atoms with Crippen molar-refractivity contribution in [1.82, 2.24) is 16.3 Å². The predicted octanol–water partition coefficient (Wildman–Crippen LogP) is 2.19. The number of hydrazine groups is 1. The van der Waals surface area contributed by atoms with Gasteiger partial charge < -0.3 is 14.9 Å². The van der Waals surface area contributed by atoms with Crippen LogP contribution in [0.4, 0.5) is 26.3 Å². The van der Waals surface area contributed by atoms with E-state index in [2.05, 4.69) is 35.8 Å². The van der Waals surface area contributed by atoms with Crippen molar-refractivity contribution in [2.45, 2.75) is 44.8 Å². The molecule has 1 heterocycles. The van der Waals surface area contributed by atoms with Crippen molar-refractivity contribution in [3.05, 3.63) is 11.9 Å². The molecule has 1 unspecified atom stereocenters. The first kappa shape index (κ1) is 22.0. The summed E-state index contributed by atoms with van der Waals surface area (Å²) in [5.41, 5.74) is 6.50. The van der Waals surface area contributed by atoms with Crippen LogP contribution in [0.25, 0.3) is 0 Å². The average Bonchev–Trinajstić information content (AvgIpc) is 2.53. The molecule has 7 nitrogen and oxygen atoms in total. The molecule has 0 fully saturated rings. The van der Waals surface area contributed by atoms with Crippen LogP contribution < -0.4 is 16.3 Å². The van der Waals surface area contributed by atoms with E-state index in [9.17, 15) is 26.3 Å². The largest absolute Gasteiger partial charge is 0.463 e. The van der Waals surface area contributed by atoms with E-state index in [4.69, 9.17) is 0 Å². The van der Waals surface area contributed by atoms with Gasteiger partial charge in [0, 0.05) is 13.5 Å². The van der Waals surface area contributed by atoms with Crippen molar-refractivity contribution in [2.75, 3.05) is 13.7 Å². The molecule has 0 aromatic rings. The lowest BCUT2D eigenvalue weighted by Gasteiger charge is -2.23. The van der Waals surface area contributed by atoms with Crippen LogP contribution in [-0.4, -0.2) is 49.9 Å². The second-order valence-electron chi connectivity index (χ2n) is 4.95. The van der Waals surface area contributed by atoms with E-state index < -0.39 is 42.1 Å². The van der Waals surface area contributed by atoms with Gasteiger partial charge in [-0.05, 0) is 19.9 Å². The molecule has 0 saturated carbocycles. The molecule has 13 heteroatoms. The van der Waals surface area contributed by atoms with Gasteiger partial charge in [0.05, 0.1) is 6.61 Å². The summed E-state index contributed by atoms with van der Waals surface area (Å²) in [5, 5.41) is 3.40. The number of nitrogens with zero attached hydrogens (tertiary/aromatic N) is 2. The number of nitrogens with one attached hydrogen (secondary N) is 3. The minimum atomic E-state index is -4.72. The van der Waals surface area contributed by atoms with Gasteiger partial charge in [-0.3, -0.25) is 5.43 Å². The maximum absolute atomic E-state index is 13.7. The van der Waals surface area contributed by atoms with Crippen LogP contribution in [0.1, 0.15) is 20.3 Å². The molecule has 0 aromatic carbocycles. The second-order valence-corrected chi connectivity index (χ2v) is 4.95. The molecule has 26 heavy (non-hydrogen) atoms. The van der Waals surface area contributed by atoms with Gasteiger partial charge in [-0.25, -0.2) is 14.8 Å². The highest BCUT2D eigenvalue weighted by molar-refractivity contribution is 5.92. The van der Waals surface area contributed by atoms with E-state index in [1.165, 1.54) is 14.0 Å². The van der Waals surface area contributed by atoms with Crippen LogP contribution >= 0.6 is 0 Å². The van der Waals surface area contributed by atoms with E-state index in [0.717, 1.165) is 6.08 Å². The SMILES string of the molecule is CCOC(F)(F)/C(=N/NC1CC=C(F)C(O[C@@H](C)C(F)(F)F)=N1)NNC. The number of aliphatic imine (C=N–C) groups is 1. The minimum Gasteiger partial charge on any atom is -0.463 e. The third kappa shape index (κ3) is 6.37. The summed E-state index contributed by atoms with van der Waals surface area (Å²) >= 11 is 0. The average molecular weight is 391 g/mol. The topological polar surface area (TPSA) is 79.3 Å². The normalized spacial score (nSPS) is 20.2. The Morgan fingerprint density at radius 2 is 2.04 bits per heavy atom. The molecular formula is C13H19F6N5O2. The third-order valence-corrected chi connectivity index (χ3v) is 2.92. The highest BCUT2D eigenvalue weighted by Crippen LogP contribution is 2.25. The summed E-state index contributed by atoms with van der Waals surface area (Å²) < 4.78 is 87.2. The number of halogens is 6. The monoisotopic (exact) mass is 391 g/mol. The minimum absolute atomic E-state index is 0.143. The first-order valence-corrected chi connectivity index (χ1v) is 7.46. The fraction of sp³-hybridized carbons (Fsp3) is 0.692. The second kappa shape index (κ2) is 9.07. The first-order valence-electron chi connectivity index (χ1n) is 7.46. The van der Waals surface area contributed by atoms with E-state index in [0.29, 0.717) is 6.92 Å². The molecule has 0 bridgehead atoms. The molecule has 1 rings (SSSR count). The molecule has 150 valence electrons. The molecule has 0 aliphatic carbocycles. The fourth-order valence-corrected chi connectivity index (χ4v) is 1.63. The number of amidine groups is 1. The highest BCUT2D eigenvalue weighted by Gasteiger charge is 2.40. The number of rotatable bonds is 7. The Morgan fingerprint density at radius 1 is 1.38 bits per heavy atom. The molecule has 1 aliphatic heterocycles. The Morgan fingerprint density at radius 3 is 2.58 bits per heavy atom. The van der Waals surface area contributed by atoms with E-state index >= 15 is 0 Å². The lowest BCUT2D eigenvalue weighted by molar-refractivity contribution is -0.193. The number of dihydropyridines is 1. The Kier molecular flexibility index (Phi) is 7.68. The third-order valence-electron chi connectivity index (χ3n) is 2.92. The zero-order valence-electron chi connectivity index (χ0n) is 14.1. The lowest BCUT2D eigenvalue weighted by Crippen LogP contribution is -2.48. The van der Waals surface area contributed by atoms with Crippen molar-refractivity contribution in [3.63, 3.8) is 0 Å². The summed E-state index contributed by atoms with van der Waals surface area (Å²) in [7, 11) is 1.30. The molecule has 2 atom stereocenters. The first-order chi connectivity index (χ1) is 12.0. The van der Waals surface area contributed by atoms with Crippen molar-refractivity contribution in [2.24, 2.45) is 10.1 Å². The van der Waals surface area contributed by atoms with Gasteiger partial charge in [0.15, 0.2) is 11.9 Å². The summed E-state index contributed by atoms with van der Waals surface area (Å²) in [5.74, 6) is -2.93. The summed E-state index contributed by atoms with van der Waals surface area (Å²) in [4.78, 5) is 3.58. The quantitative estimate of drug-likeness (QED) is 0.268. The maximum atomic E-state index is 13.7. The van der Waals surface area contributed by atoms with Crippen LogP contribution in [-0.2, 0) is 9.47 Å². The van der Waals surface area contributed by atoms with Crippen LogP contribution in [0.2, 0.25) is 0 Å². The Balaban J connectivity index is 2.88. The lowest BCUT2D eigenvalue weighted by atomic mass is 10.2. The van der Waals surface area contributed by atoms with Crippen LogP contribution in [0.3, 0.4) is 0 Å². The number of alkyl halides is 5. The summed E-state index contributed by atoms with van der Waals surface area (Å²) in [6.45, 7) is 1.73. The van der Waals surface area contributed by atoms with Gasteiger partial charge in [0.25, 0.3) is 0 Å². The summed E-state index contributed by atoms with van der Waals surface area (Å²) in [6, 6.07) is 0. The molecule has 0 radical (unpaired) electrons. The molecule has 0 aromatic heterocycles. The molecular weight excluding hydrogens is 372 g/mol. The highest BCUT2D eigenvalue weighted by atomic mass is 19.4. The number of hydrogen-bond donors (Lipinski definition) is 3. The molecule has 0 amide bonds. The van der Waals surface area contributed by atoms with E-state index in [-0.39, 0.29) is 13.0 Å². The van der Waals surface area contributed by atoms with Gasteiger partial charge in [0.1, 0.15) is 6.17 Å². The van der Waals surface area contributed by atoms with Crippen molar-refractivity contribution < 1.29 is 35.8 Å². The number of ether oxygens (including phenoxy) is 2.